The Hall–Kier alpha value is -1.84. The van der Waals surface area contributed by atoms with E-state index in [9.17, 15) is 4.79 Å². The van der Waals surface area contributed by atoms with E-state index in [1.807, 2.05) is 18.2 Å². The molecule has 0 saturated carbocycles. The van der Waals surface area contributed by atoms with Crippen LogP contribution in [0.1, 0.15) is 0 Å². The van der Waals surface area contributed by atoms with Gasteiger partial charge < -0.3 is 5.84 Å². The van der Waals surface area contributed by atoms with Crippen LogP contribution >= 0.6 is 0 Å². The Bertz CT molecular complexity index is 475. The summed E-state index contributed by atoms with van der Waals surface area (Å²) in [6.07, 6.45) is 1.51. The Kier molecular flexibility index (Phi) is 1.33. The third-order valence-corrected chi connectivity index (χ3v) is 1.72. The van der Waals surface area contributed by atoms with Crippen LogP contribution in [0.15, 0.2) is 35.3 Å². The molecule has 0 fully saturated rings. The van der Waals surface area contributed by atoms with E-state index in [0.717, 1.165) is 10.1 Å². The van der Waals surface area contributed by atoms with Crippen molar-refractivity contribution in [2.24, 2.45) is 0 Å². The second-order valence-electron chi connectivity index (χ2n) is 2.47. The second kappa shape index (κ2) is 2.34. The number of fused-ring (bicyclic) bond motifs is 1. The zero-order chi connectivity index (χ0) is 8.55. The van der Waals surface area contributed by atoms with Crippen molar-refractivity contribution in [1.29, 1.82) is 0 Å². The Morgan fingerprint density at radius 1 is 1.33 bits per heavy atom. The Labute approximate surface area is 68.2 Å². The molecule has 12 heavy (non-hydrogen) atoms. The number of hydrogen-bond acceptors (Lipinski definition) is 3. The molecule has 4 heteroatoms. The van der Waals surface area contributed by atoms with Crippen LogP contribution in [0.25, 0.3) is 10.9 Å². The molecule has 1 heterocycles. The third kappa shape index (κ3) is 0.852. The van der Waals surface area contributed by atoms with Crippen molar-refractivity contribution < 1.29 is 0 Å². The van der Waals surface area contributed by atoms with Gasteiger partial charge in [-0.2, -0.15) is 4.98 Å². The van der Waals surface area contributed by atoms with Crippen molar-refractivity contribution in [3.8, 4) is 0 Å². The van der Waals surface area contributed by atoms with Crippen LogP contribution in [0.5, 0.6) is 0 Å². The normalized spacial score (nSPS) is 10.3. The number of hydrogen-bond donors (Lipinski definition) is 1. The summed E-state index contributed by atoms with van der Waals surface area (Å²) in [5.74, 6) is 5.46. The molecular weight excluding hydrogens is 154 g/mol. The van der Waals surface area contributed by atoms with E-state index in [1.54, 1.807) is 6.07 Å². The van der Waals surface area contributed by atoms with Crippen LogP contribution in [0.4, 0.5) is 0 Å². The molecular formula is C8H7N3O. The summed E-state index contributed by atoms with van der Waals surface area (Å²) in [4.78, 5) is 14.5. The van der Waals surface area contributed by atoms with E-state index in [2.05, 4.69) is 4.98 Å². The SMILES string of the molecule is Nn1c(=O)ncc2ccccc21. The number of nitrogens with two attached hydrogens (primary N) is 1. The number of rotatable bonds is 0. The van der Waals surface area contributed by atoms with Gasteiger partial charge in [-0.1, -0.05) is 18.2 Å². The zero-order valence-electron chi connectivity index (χ0n) is 6.27. The van der Waals surface area contributed by atoms with Crippen LogP contribution < -0.4 is 11.5 Å². The van der Waals surface area contributed by atoms with E-state index in [1.165, 1.54) is 6.20 Å². The summed E-state index contributed by atoms with van der Waals surface area (Å²) in [7, 11) is 0. The van der Waals surface area contributed by atoms with Gasteiger partial charge in [0.2, 0.25) is 0 Å². The molecule has 0 spiro atoms. The first-order chi connectivity index (χ1) is 5.79. The number of nitrogens with zero attached hydrogens (tertiary/aromatic N) is 2. The van der Waals surface area contributed by atoms with E-state index in [4.69, 9.17) is 5.84 Å². The highest BCUT2D eigenvalue weighted by Crippen LogP contribution is 2.06. The zero-order valence-corrected chi connectivity index (χ0v) is 6.27. The predicted octanol–water partition coefficient (Wildman–Crippen LogP) is 0.110. The maximum Gasteiger partial charge on any atom is 0.366 e. The fraction of sp³-hybridized carbons (Fsp3) is 0. The molecule has 0 radical (unpaired) electrons. The quantitative estimate of drug-likeness (QED) is 0.558. The van der Waals surface area contributed by atoms with E-state index in [0.29, 0.717) is 5.52 Å². The van der Waals surface area contributed by atoms with Gasteiger partial charge in [-0.05, 0) is 6.07 Å². The van der Waals surface area contributed by atoms with Gasteiger partial charge in [0.25, 0.3) is 0 Å². The highest BCUT2D eigenvalue weighted by Gasteiger charge is 1.97. The van der Waals surface area contributed by atoms with Gasteiger partial charge in [-0.3, -0.25) is 0 Å². The Balaban J connectivity index is 3.01. The molecule has 0 amide bonds. The molecule has 0 bridgehead atoms. The van der Waals surface area contributed by atoms with Gasteiger partial charge in [0.15, 0.2) is 0 Å². The predicted molar refractivity (Wildman–Crippen MR) is 46.2 cm³/mol. The lowest BCUT2D eigenvalue weighted by Gasteiger charge is -2.00. The van der Waals surface area contributed by atoms with Crippen LogP contribution in [-0.2, 0) is 0 Å². The molecule has 0 saturated heterocycles. The molecule has 4 nitrogen and oxygen atoms in total. The summed E-state index contributed by atoms with van der Waals surface area (Å²) >= 11 is 0. The van der Waals surface area contributed by atoms with Gasteiger partial charge in [0.1, 0.15) is 0 Å². The van der Waals surface area contributed by atoms with Crippen LogP contribution in [0.2, 0.25) is 0 Å². The van der Waals surface area contributed by atoms with Crippen LogP contribution in [-0.4, -0.2) is 9.66 Å². The first-order valence-electron chi connectivity index (χ1n) is 3.51. The minimum Gasteiger partial charge on any atom is -0.335 e. The average molecular weight is 161 g/mol. The highest BCUT2D eigenvalue weighted by molar-refractivity contribution is 5.77. The smallest absolute Gasteiger partial charge is 0.335 e. The maximum atomic E-state index is 11.0. The molecule has 0 aliphatic carbocycles. The summed E-state index contributed by atoms with van der Waals surface area (Å²) in [6, 6.07) is 7.32. The van der Waals surface area contributed by atoms with Crippen molar-refractivity contribution >= 4 is 10.9 Å². The lowest BCUT2D eigenvalue weighted by atomic mass is 10.2. The van der Waals surface area contributed by atoms with Crippen molar-refractivity contribution in [2.75, 3.05) is 5.84 Å². The van der Waals surface area contributed by atoms with E-state index >= 15 is 0 Å². The monoisotopic (exact) mass is 161 g/mol. The molecule has 2 aromatic rings. The molecule has 2 N–H and O–H groups in total. The first kappa shape index (κ1) is 6.84. The Morgan fingerprint density at radius 2 is 2.08 bits per heavy atom. The second-order valence-corrected chi connectivity index (χ2v) is 2.47. The fourth-order valence-corrected chi connectivity index (χ4v) is 1.11. The van der Waals surface area contributed by atoms with E-state index < -0.39 is 5.69 Å². The van der Waals surface area contributed by atoms with Gasteiger partial charge in [-0.15, -0.1) is 0 Å². The van der Waals surface area contributed by atoms with Gasteiger partial charge in [-0.25, -0.2) is 9.47 Å². The molecule has 1 aromatic heterocycles. The highest BCUT2D eigenvalue weighted by atomic mass is 16.1. The fourth-order valence-electron chi connectivity index (χ4n) is 1.11. The van der Waals surface area contributed by atoms with Gasteiger partial charge in [0, 0.05) is 11.6 Å². The lowest BCUT2D eigenvalue weighted by molar-refractivity contribution is 0.917. The van der Waals surface area contributed by atoms with Crippen LogP contribution in [0.3, 0.4) is 0 Å². The van der Waals surface area contributed by atoms with E-state index in [-0.39, 0.29) is 0 Å². The molecule has 60 valence electrons. The van der Waals surface area contributed by atoms with Crippen molar-refractivity contribution in [3.05, 3.63) is 40.9 Å². The minimum atomic E-state index is -0.436. The minimum absolute atomic E-state index is 0.436. The van der Waals surface area contributed by atoms with Crippen molar-refractivity contribution in [2.45, 2.75) is 0 Å². The van der Waals surface area contributed by atoms with Gasteiger partial charge >= 0.3 is 5.69 Å². The first-order valence-corrected chi connectivity index (χ1v) is 3.51. The summed E-state index contributed by atoms with van der Waals surface area (Å²) in [5, 5.41) is 0.861. The van der Waals surface area contributed by atoms with Crippen molar-refractivity contribution in [3.63, 3.8) is 0 Å². The number of aromatic nitrogens is 2. The Morgan fingerprint density at radius 3 is 2.92 bits per heavy atom. The molecule has 2 rings (SSSR count). The summed E-state index contributed by atoms with van der Waals surface area (Å²) in [5.41, 5.74) is 0.256. The summed E-state index contributed by atoms with van der Waals surface area (Å²) < 4.78 is 1.04. The van der Waals surface area contributed by atoms with Crippen molar-refractivity contribution in [1.82, 2.24) is 9.66 Å². The third-order valence-electron chi connectivity index (χ3n) is 1.72. The lowest BCUT2D eigenvalue weighted by Crippen LogP contribution is -2.29. The average Bonchev–Trinajstić information content (AvgIpc) is 2.12. The summed E-state index contributed by atoms with van der Waals surface area (Å²) in [6.45, 7) is 0. The maximum absolute atomic E-state index is 11.0. The molecule has 0 aliphatic rings. The molecule has 0 aliphatic heterocycles. The molecule has 0 atom stereocenters. The number of nitrogen functional groups attached to an aromatic ring is 1. The number of para-hydroxylation sites is 1. The van der Waals surface area contributed by atoms with Crippen LogP contribution in [0, 0.1) is 0 Å². The van der Waals surface area contributed by atoms with Gasteiger partial charge in [0.05, 0.1) is 5.52 Å². The molecule has 0 unspecified atom stereocenters. The topological polar surface area (TPSA) is 60.9 Å². The largest absolute Gasteiger partial charge is 0.366 e. The molecule has 1 aromatic carbocycles. The number of benzene rings is 1. The standard InChI is InChI=1S/C8H7N3O/c9-11-7-4-2-1-3-6(7)5-10-8(11)12/h1-5H,9H2.